The van der Waals surface area contributed by atoms with Gasteiger partial charge in [0.2, 0.25) is 0 Å². The van der Waals surface area contributed by atoms with Gasteiger partial charge >= 0.3 is 0 Å². The highest BCUT2D eigenvalue weighted by Crippen LogP contribution is 2.39. The molecule has 0 saturated carbocycles. The molecule has 1 N–H and O–H groups in total. The Balaban J connectivity index is 2.07. The number of hydrogen-bond acceptors (Lipinski definition) is 4. The fourth-order valence-electron chi connectivity index (χ4n) is 2.94. The Morgan fingerprint density at radius 1 is 1.21 bits per heavy atom. The van der Waals surface area contributed by atoms with Gasteiger partial charge in [0.15, 0.2) is 0 Å². The van der Waals surface area contributed by atoms with Crippen LogP contribution >= 0.6 is 0 Å². The Kier molecular flexibility index (Phi) is 4.51. The number of rotatable bonds is 4. The molecule has 24 heavy (non-hydrogen) atoms. The third-order valence-electron chi connectivity index (χ3n) is 4.39. The zero-order valence-electron chi connectivity index (χ0n) is 13.8. The predicted molar refractivity (Wildman–Crippen MR) is 92.9 cm³/mol. The summed E-state index contributed by atoms with van der Waals surface area (Å²) in [5.74, 6) is 0.560. The van der Waals surface area contributed by atoms with Gasteiger partial charge in [-0.3, -0.25) is 4.31 Å². The summed E-state index contributed by atoms with van der Waals surface area (Å²) in [5, 5.41) is 10.2. The highest BCUT2D eigenvalue weighted by Gasteiger charge is 2.32. The lowest BCUT2D eigenvalue weighted by Crippen LogP contribution is -2.36. The zero-order chi connectivity index (χ0) is 17.3. The second-order valence-corrected chi connectivity index (χ2v) is 7.67. The largest absolute Gasteiger partial charge is 0.497 e. The van der Waals surface area contributed by atoms with Crippen LogP contribution in [0.4, 0.5) is 5.69 Å². The van der Waals surface area contributed by atoms with Crippen molar-refractivity contribution in [2.24, 2.45) is 0 Å². The van der Waals surface area contributed by atoms with Crippen LogP contribution < -0.4 is 9.04 Å². The van der Waals surface area contributed by atoms with Crippen molar-refractivity contribution in [3.63, 3.8) is 0 Å². The molecule has 6 heteroatoms. The van der Waals surface area contributed by atoms with E-state index in [1.165, 1.54) is 11.4 Å². The third-order valence-corrected chi connectivity index (χ3v) is 6.22. The number of anilines is 1. The van der Waals surface area contributed by atoms with E-state index in [0.29, 0.717) is 23.4 Å². The molecule has 128 valence electrons. The molecule has 0 spiro atoms. The van der Waals surface area contributed by atoms with Gasteiger partial charge in [-0.2, -0.15) is 0 Å². The van der Waals surface area contributed by atoms with Gasteiger partial charge in [0, 0.05) is 18.2 Å². The molecule has 3 rings (SSSR count). The van der Waals surface area contributed by atoms with Crippen LogP contribution in [-0.4, -0.2) is 27.2 Å². The van der Waals surface area contributed by atoms with Crippen LogP contribution in [0.2, 0.25) is 0 Å². The standard InChI is InChI=1S/C18H21NO4S/c1-3-13-4-7-15(8-5-13)24(21,22)19-11-10-18(20)16-9-6-14(23-2)12-17(16)19/h4-9,12,18,20H,3,10-11H2,1-2H3. The van der Waals surface area contributed by atoms with Gasteiger partial charge in [0.05, 0.1) is 23.8 Å². The lowest BCUT2D eigenvalue weighted by Gasteiger charge is -2.33. The minimum atomic E-state index is -3.68. The third kappa shape index (κ3) is 2.87. The summed E-state index contributed by atoms with van der Waals surface area (Å²) in [6.07, 6.45) is 0.557. The van der Waals surface area contributed by atoms with Gasteiger partial charge in [0.25, 0.3) is 10.0 Å². The van der Waals surface area contributed by atoms with Crippen LogP contribution in [0.15, 0.2) is 47.4 Å². The Labute approximate surface area is 142 Å². The quantitative estimate of drug-likeness (QED) is 0.923. The molecule has 0 aromatic heterocycles. The van der Waals surface area contributed by atoms with E-state index in [2.05, 4.69) is 0 Å². The summed E-state index contributed by atoms with van der Waals surface area (Å²) in [6, 6.07) is 12.1. The zero-order valence-corrected chi connectivity index (χ0v) is 14.6. The fraction of sp³-hybridized carbons (Fsp3) is 0.333. The number of ether oxygens (including phenoxy) is 1. The van der Waals surface area contributed by atoms with Crippen LogP contribution in [0.5, 0.6) is 5.75 Å². The van der Waals surface area contributed by atoms with E-state index in [9.17, 15) is 13.5 Å². The Hall–Kier alpha value is -2.05. The van der Waals surface area contributed by atoms with Crippen molar-refractivity contribution < 1.29 is 18.3 Å². The van der Waals surface area contributed by atoms with Gasteiger partial charge in [-0.25, -0.2) is 8.42 Å². The molecular formula is C18H21NO4S. The van der Waals surface area contributed by atoms with Gasteiger partial charge in [-0.05, 0) is 36.6 Å². The van der Waals surface area contributed by atoms with Crippen LogP contribution in [0, 0.1) is 0 Å². The average Bonchev–Trinajstić information content (AvgIpc) is 2.61. The smallest absolute Gasteiger partial charge is 0.264 e. The number of aryl methyl sites for hydroxylation is 1. The molecule has 0 fully saturated rings. The Morgan fingerprint density at radius 2 is 1.92 bits per heavy atom. The highest BCUT2D eigenvalue weighted by atomic mass is 32.2. The maximum absolute atomic E-state index is 13.1. The molecule has 1 aliphatic rings. The normalized spacial score (nSPS) is 17.5. The van der Waals surface area contributed by atoms with E-state index in [-0.39, 0.29) is 11.4 Å². The average molecular weight is 347 g/mol. The van der Waals surface area contributed by atoms with Crippen LogP contribution in [-0.2, 0) is 16.4 Å². The van der Waals surface area contributed by atoms with Crippen LogP contribution in [0.25, 0.3) is 0 Å². The number of fused-ring (bicyclic) bond motifs is 1. The van der Waals surface area contributed by atoms with Gasteiger partial charge < -0.3 is 9.84 Å². The minimum absolute atomic E-state index is 0.235. The molecule has 1 atom stereocenters. The molecule has 0 radical (unpaired) electrons. The predicted octanol–water partition coefficient (Wildman–Crippen LogP) is 2.89. The molecule has 0 amide bonds. The van der Waals surface area contributed by atoms with E-state index < -0.39 is 16.1 Å². The Morgan fingerprint density at radius 3 is 2.54 bits per heavy atom. The maximum atomic E-state index is 13.1. The van der Waals surface area contributed by atoms with Crippen molar-refractivity contribution in [1.29, 1.82) is 0 Å². The monoisotopic (exact) mass is 347 g/mol. The molecule has 0 aliphatic carbocycles. The summed E-state index contributed by atoms with van der Waals surface area (Å²) >= 11 is 0. The fourth-order valence-corrected chi connectivity index (χ4v) is 4.44. The molecular weight excluding hydrogens is 326 g/mol. The number of methoxy groups -OCH3 is 1. The van der Waals surface area contributed by atoms with E-state index >= 15 is 0 Å². The van der Waals surface area contributed by atoms with Crippen molar-refractivity contribution in [3.05, 3.63) is 53.6 Å². The van der Waals surface area contributed by atoms with Crippen molar-refractivity contribution >= 4 is 15.7 Å². The molecule has 2 aromatic carbocycles. The van der Waals surface area contributed by atoms with E-state index in [0.717, 1.165) is 12.0 Å². The second-order valence-electron chi connectivity index (χ2n) is 5.80. The lowest BCUT2D eigenvalue weighted by atomic mass is 10.0. The van der Waals surface area contributed by atoms with Crippen molar-refractivity contribution in [1.82, 2.24) is 0 Å². The highest BCUT2D eigenvalue weighted by molar-refractivity contribution is 7.92. The number of aliphatic hydroxyl groups is 1. The summed E-state index contributed by atoms with van der Waals surface area (Å²) < 4.78 is 32.7. The van der Waals surface area contributed by atoms with Gasteiger partial charge in [-0.1, -0.05) is 25.1 Å². The number of nitrogens with zero attached hydrogens (tertiary/aromatic N) is 1. The second kappa shape index (κ2) is 6.45. The molecule has 1 aliphatic heterocycles. The topological polar surface area (TPSA) is 66.8 Å². The first kappa shape index (κ1) is 16.8. The first-order valence-corrected chi connectivity index (χ1v) is 9.39. The van der Waals surface area contributed by atoms with E-state index in [4.69, 9.17) is 4.74 Å². The summed E-state index contributed by atoms with van der Waals surface area (Å²) in [4.78, 5) is 0.254. The van der Waals surface area contributed by atoms with Crippen LogP contribution in [0.1, 0.15) is 30.6 Å². The minimum Gasteiger partial charge on any atom is -0.497 e. The number of hydrogen-bond donors (Lipinski definition) is 1. The molecule has 2 aromatic rings. The summed E-state index contributed by atoms with van der Waals surface area (Å²) in [7, 11) is -2.15. The maximum Gasteiger partial charge on any atom is 0.264 e. The Bertz CT molecular complexity index is 831. The molecule has 1 unspecified atom stereocenters. The van der Waals surface area contributed by atoms with Gasteiger partial charge in [-0.15, -0.1) is 0 Å². The van der Waals surface area contributed by atoms with Crippen molar-refractivity contribution in [2.45, 2.75) is 30.8 Å². The number of sulfonamides is 1. The van der Waals surface area contributed by atoms with E-state index in [1.807, 2.05) is 19.1 Å². The molecule has 0 saturated heterocycles. The SMILES string of the molecule is CCc1ccc(S(=O)(=O)N2CCC(O)c3ccc(OC)cc32)cc1. The van der Waals surface area contributed by atoms with Crippen molar-refractivity contribution in [2.75, 3.05) is 18.0 Å². The van der Waals surface area contributed by atoms with Gasteiger partial charge in [0.1, 0.15) is 5.75 Å². The first-order valence-electron chi connectivity index (χ1n) is 7.95. The lowest BCUT2D eigenvalue weighted by molar-refractivity contribution is 0.166. The molecule has 0 bridgehead atoms. The van der Waals surface area contributed by atoms with Crippen molar-refractivity contribution in [3.8, 4) is 5.75 Å². The number of aliphatic hydroxyl groups excluding tert-OH is 1. The molecule has 1 heterocycles. The number of benzene rings is 2. The summed E-state index contributed by atoms with van der Waals surface area (Å²) in [6.45, 7) is 2.26. The van der Waals surface area contributed by atoms with Crippen LogP contribution in [0.3, 0.4) is 0 Å². The molecule has 5 nitrogen and oxygen atoms in total. The van der Waals surface area contributed by atoms with E-state index in [1.54, 1.807) is 30.3 Å². The summed E-state index contributed by atoms with van der Waals surface area (Å²) in [5.41, 5.74) is 2.17. The first-order chi connectivity index (χ1) is 11.5.